The molecule has 0 spiro atoms. The molecule has 1 aliphatic heterocycles. The van der Waals surface area contributed by atoms with Gasteiger partial charge in [0, 0.05) is 44.0 Å². The second-order valence-electron chi connectivity index (χ2n) is 7.21. The normalized spacial score (nSPS) is 18.5. The van der Waals surface area contributed by atoms with Crippen LogP contribution in [0, 0.1) is 5.92 Å². The van der Waals surface area contributed by atoms with Crippen molar-refractivity contribution in [3.63, 3.8) is 0 Å². The summed E-state index contributed by atoms with van der Waals surface area (Å²) in [6.07, 6.45) is 7.45. The van der Waals surface area contributed by atoms with E-state index in [0.29, 0.717) is 11.8 Å². The number of aromatic nitrogens is 4. The van der Waals surface area contributed by atoms with Crippen LogP contribution < -0.4 is 5.32 Å². The molecular weight excluding hydrogens is 312 g/mol. The van der Waals surface area contributed by atoms with E-state index in [1.54, 1.807) is 0 Å². The average molecular weight is 340 g/mol. The Morgan fingerprint density at radius 2 is 2.00 bits per heavy atom. The van der Waals surface area contributed by atoms with Gasteiger partial charge in [0.2, 0.25) is 0 Å². The van der Waals surface area contributed by atoms with Crippen molar-refractivity contribution in [3.8, 4) is 0 Å². The van der Waals surface area contributed by atoms with Crippen molar-refractivity contribution in [2.45, 2.75) is 45.6 Å². The van der Waals surface area contributed by atoms with Crippen LogP contribution in [0.1, 0.15) is 49.7 Å². The van der Waals surface area contributed by atoms with E-state index in [4.69, 9.17) is 0 Å². The molecule has 1 aliphatic rings. The summed E-state index contributed by atoms with van der Waals surface area (Å²) in [5.41, 5.74) is 2.28. The summed E-state index contributed by atoms with van der Waals surface area (Å²) < 4.78 is 0. The van der Waals surface area contributed by atoms with E-state index < -0.39 is 0 Å². The summed E-state index contributed by atoms with van der Waals surface area (Å²) in [6.45, 7) is 7.42. The molecule has 6 nitrogen and oxygen atoms in total. The maximum Gasteiger partial charge on any atom is 0.148 e. The first-order valence-corrected chi connectivity index (χ1v) is 9.17. The fraction of sp³-hybridized carbons (Fsp3) is 0.579. The van der Waals surface area contributed by atoms with Crippen LogP contribution in [0.25, 0.3) is 0 Å². The van der Waals surface area contributed by atoms with Crippen molar-refractivity contribution >= 4 is 5.82 Å². The van der Waals surface area contributed by atoms with Crippen molar-refractivity contribution in [1.82, 2.24) is 25.1 Å². The summed E-state index contributed by atoms with van der Waals surface area (Å²) >= 11 is 0. The molecule has 0 unspecified atom stereocenters. The average Bonchev–Trinajstić information content (AvgIpc) is 2.63. The third kappa shape index (κ3) is 4.95. The van der Waals surface area contributed by atoms with Crippen LogP contribution in [0.2, 0.25) is 0 Å². The third-order valence-electron chi connectivity index (χ3n) is 4.72. The molecule has 0 aliphatic carbocycles. The van der Waals surface area contributed by atoms with E-state index in [-0.39, 0.29) is 0 Å². The molecule has 0 radical (unpaired) electrons. The van der Waals surface area contributed by atoms with Gasteiger partial charge < -0.3 is 5.32 Å². The fourth-order valence-corrected chi connectivity index (χ4v) is 3.36. The Kier molecular flexibility index (Phi) is 5.91. The van der Waals surface area contributed by atoms with E-state index in [2.05, 4.69) is 50.3 Å². The highest BCUT2D eigenvalue weighted by Crippen LogP contribution is 2.21. The Morgan fingerprint density at radius 1 is 1.20 bits per heavy atom. The molecule has 0 bridgehead atoms. The van der Waals surface area contributed by atoms with Crippen molar-refractivity contribution in [2.24, 2.45) is 5.92 Å². The van der Waals surface area contributed by atoms with Crippen LogP contribution in [0.3, 0.4) is 0 Å². The van der Waals surface area contributed by atoms with Gasteiger partial charge in [0.25, 0.3) is 0 Å². The van der Waals surface area contributed by atoms with E-state index in [0.717, 1.165) is 43.4 Å². The van der Waals surface area contributed by atoms with Gasteiger partial charge in [-0.2, -0.15) is 5.10 Å². The summed E-state index contributed by atoms with van der Waals surface area (Å²) in [7, 11) is 1.86. The number of nitrogens with one attached hydrogen (secondary N) is 1. The smallest absolute Gasteiger partial charge is 0.148 e. The zero-order chi connectivity index (χ0) is 17.6. The predicted molar refractivity (Wildman–Crippen MR) is 99.4 cm³/mol. The molecule has 1 fully saturated rings. The second-order valence-corrected chi connectivity index (χ2v) is 7.21. The number of hydrogen-bond donors (Lipinski definition) is 1. The first-order chi connectivity index (χ1) is 12.1. The van der Waals surface area contributed by atoms with Gasteiger partial charge in [0.15, 0.2) is 0 Å². The molecule has 25 heavy (non-hydrogen) atoms. The Balaban J connectivity index is 1.55. The van der Waals surface area contributed by atoms with Crippen LogP contribution in [-0.4, -0.2) is 45.2 Å². The SMILES string of the molecule is CNc1ccc(C[C@H]2CCCN(Cc3cnc(C(C)C)nc3)C2)nn1. The Bertz CT molecular complexity index is 653. The van der Waals surface area contributed by atoms with Crippen molar-refractivity contribution < 1.29 is 0 Å². The van der Waals surface area contributed by atoms with Gasteiger partial charge in [-0.25, -0.2) is 9.97 Å². The second kappa shape index (κ2) is 8.34. The minimum absolute atomic E-state index is 0.379. The van der Waals surface area contributed by atoms with Gasteiger partial charge in [-0.3, -0.25) is 4.90 Å². The van der Waals surface area contributed by atoms with Crippen LogP contribution in [-0.2, 0) is 13.0 Å². The van der Waals surface area contributed by atoms with Gasteiger partial charge in [-0.1, -0.05) is 13.8 Å². The zero-order valence-electron chi connectivity index (χ0n) is 15.4. The van der Waals surface area contributed by atoms with E-state index in [1.165, 1.54) is 18.4 Å². The quantitative estimate of drug-likeness (QED) is 0.872. The highest BCUT2D eigenvalue weighted by atomic mass is 15.2. The highest BCUT2D eigenvalue weighted by molar-refractivity contribution is 5.31. The molecule has 3 heterocycles. The predicted octanol–water partition coefficient (Wildman–Crippen LogP) is 2.89. The van der Waals surface area contributed by atoms with Crippen molar-refractivity contribution in [3.05, 3.63) is 41.6 Å². The van der Waals surface area contributed by atoms with Gasteiger partial charge in [-0.15, -0.1) is 5.10 Å². The summed E-state index contributed by atoms with van der Waals surface area (Å²) in [5.74, 6) is 2.76. The molecule has 1 N–H and O–H groups in total. The number of anilines is 1. The largest absolute Gasteiger partial charge is 0.372 e. The summed E-state index contributed by atoms with van der Waals surface area (Å²) in [5, 5.41) is 11.5. The van der Waals surface area contributed by atoms with Crippen molar-refractivity contribution in [2.75, 3.05) is 25.5 Å². The first-order valence-electron chi connectivity index (χ1n) is 9.17. The van der Waals surface area contributed by atoms with Gasteiger partial charge in [0.05, 0.1) is 5.69 Å². The van der Waals surface area contributed by atoms with Gasteiger partial charge in [0.1, 0.15) is 11.6 Å². The summed E-state index contributed by atoms with van der Waals surface area (Å²) in [6, 6.07) is 4.08. The molecule has 0 amide bonds. The lowest BCUT2D eigenvalue weighted by atomic mass is 9.93. The molecule has 0 saturated carbocycles. The molecule has 3 rings (SSSR count). The number of hydrogen-bond acceptors (Lipinski definition) is 6. The number of piperidine rings is 1. The van der Waals surface area contributed by atoms with E-state index in [9.17, 15) is 0 Å². The monoisotopic (exact) mass is 340 g/mol. The molecular formula is C19H28N6. The minimum Gasteiger partial charge on any atom is -0.372 e. The molecule has 1 atom stereocenters. The van der Waals surface area contributed by atoms with E-state index >= 15 is 0 Å². The number of likely N-dealkylation sites (tertiary alicyclic amines) is 1. The van der Waals surface area contributed by atoms with Crippen LogP contribution in [0.4, 0.5) is 5.82 Å². The standard InChI is InChI=1S/C19H28N6/c1-14(2)19-21-10-16(11-22-19)13-25-8-4-5-15(12-25)9-17-6-7-18(20-3)24-23-17/h6-7,10-11,14-15H,4-5,8-9,12-13H2,1-3H3,(H,20,24)/t15-/m1/s1. The van der Waals surface area contributed by atoms with Crippen LogP contribution in [0.5, 0.6) is 0 Å². The molecule has 6 heteroatoms. The lowest BCUT2D eigenvalue weighted by Gasteiger charge is -2.32. The molecule has 2 aromatic heterocycles. The number of rotatable bonds is 6. The van der Waals surface area contributed by atoms with Crippen LogP contribution in [0.15, 0.2) is 24.5 Å². The lowest BCUT2D eigenvalue weighted by Crippen LogP contribution is -2.36. The lowest BCUT2D eigenvalue weighted by molar-refractivity contribution is 0.166. The fourth-order valence-electron chi connectivity index (χ4n) is 3.36. The molecule has 2 aromatic rings. The first kappa shape index (κ1) is 17.7. The molecule has 1 saturated heterocycles. The van der Waals surface area contributed by atoms with E-state index in [1.807, 2.05) is 25.5 Å². The van der Waals surface area contributed by atoms with Crippen LogP contribution >= 0.6 is 0 Å². The Hall–Kier alpha value is -2.08. The number of nitrogens with zero attached hydrogens (tertiary/aromatic N) is 5. The summed E-state index contributed by atoms with van der Waals surface area (Å²) in [4.78, 5) is 11.5. The topological polar surface area (TPSA) is 66.8 Å². The maximum absolute atomic E-state index is 4.48. The maximum atomic E-state index is 4.48. The molecule has 0 aromatic carbocycles. The zero-order valence-corrected chi connectivity index (χ0v) is 15.4. The van der Waals surface area contributed by atoms with Gasteiger partial charge in [-0.05, 0) is 43.9 Å². The minimum atomic E-state index is 0.379. The Morgan fingerprint density at radius 3 is 2.64 bits per heavy atom. The molecule has 134 valence electrons. The van der Waals surface area contributed by atoms with Crippen molar-refractivity contribution in [1.29, 1.82) is 0 Å². The Labute approximate surface area is 150 Å². The highest BCUT2D eigenvalue weighted by Gasteiger charge is 2.21. The van der Waals surface area contributed by atoms with Gasteiger partial charge >= 0.3 is 0 Å². The third-order valence-corrected chi connectivity index (χ3v) is 4.72.